The Balaban J connectivity index is 0.000000794. The number of carboxylic acid groups (broad SMARTS) is 1. The van der Waals surface area contributed by atoms with Gasteiger partial charge in [0.2, 0.25) is 0 Å². The zero-order valence-electron chi connectivity index (χ0n) is 24.9. The Bertz CT molecular complexity index is 845. The van der Waals surface area contributed by atoms with Gasteiger partial charge in [0, 0.05) is 12.8 Å². The standard InChI is InChI=1S/C19H28O4.C12H22O4/c1-4-19(2,3)18(21)22-14-10-6-9-13-17(20)23-15-16-11-7-5-8-12-16;1-4-12(2,3)11(15)16-9-7-5-6-8-10(13)14/h5,7-8,11-12H,4,6,9-10,13-15H2,1-3H3;4-9H2,1-3H3,(H,13,14). The summed E-state index contributed by atoms with van der Waals surface area (Å²) in [5.41, 5.74) is 0.161. The van der Waals surface area contributed by atoms with Crippen molar-refractivity contribution in [2.24, 2.45) is 10.8 Å². The van der Waals surface area contributed by atoms with E-state index in [2.05, 4.69) is 0 Å². The van der Waals surface area contributed by atoms with Crippen molar-refractivity contribution >= 4 is 23.9 Å². The van der Waals surface area contributed by atoms with E-state index in [4.69, 9.17) is 19.3 Å². The first-order valence-electron chi connectivity index (χ1n) is 14.1. The average molecular weight is 551 g/mol. The van der Waals surface area contributed by atoms with Gasteiger partial charge in [-0.05, 0) is 84.6 Å². The largest absolute Gasteiger partial charge is 0.481 e. The molecule has 1 rings (SSSR count). The molecule has 0 atom stereocenters. The van der Waals surface area contributed by atoms with Crippen LogP contribution in [-0.2, 0) is 40.0 Å². The molecule has 0 amide bonds. The van der Waals surface area contributed by atoms with E-state index in [0.29, 0.717) is 32.7 Å². The van der Waals surface area contributed by atoms with Crippen LogP contribution >= 0.6 is 0 Å². The predicted molar refractivity (Wildman–Crippen MR) is 151 cm³/mol. The normalized spacial score (nSPS) is 11.1. The van der Waals surface area contributed by atoms with Crippen LogP contribution in [0, 0.1) is 10.8 Å². The van der Waals surface area contributed by atoms with Crippen LogP contribution < -0.4 is 0 Å². The molecule has 1 aromatic rings. The molecule has 8 nitrogen and oxygen atoms in total. The zero-order chi connectivity index (χ0) is 29.7. The van der Waals surface area contributed by atoms with E-state index in [1.165, 1.54) is 0 Å². The number of carboxylic acids is 1. The summed E-state index contributed by atoms with van der Waals surface area (Å²) in [5, 5.41) is 8.41. The van der Waals surface area contributed by atoms with E-state index in [9.17, 15) is 19.2 Å². The van der Waals surface area contributed by atoms with Crippen LogP contribution in [0.15, 0.2) is 30.3 Å². The molecule has 0 heterocycles. The SMILES string of the molecule is CCC(C)(C)C(=O)OCCCCCC(=O)O.CCC(C)(C)C(=O)OCCCCCC(=O)OCc1ccccc1. The Kier molecular flexibility index (Phi) is 18.6. The van der Waals surface area contributed by atoms with Gasteiger partial charge in [-0.3, -0.25) is 19.2 Å². The highest BCUT2D eigenvalue weighted by Crippen LogP contribution is 2.22. The van der Waals surface area contributed by atoms with Crippen molar-refractivity contribution in [3.8, 4) is 0 Å². The number of aliphatic carboxylic acids is 1. The summed E-state index contributed by atoms with van der Waals surface area (Å²) in [6.07, 6.45) is 6.65. The van der Waals surface area contributed by atoms with Crippen LogP contribution in [0.4, 0.5) is 0 Å². The highest BCUT2D eigenvalue weighted by Gasteiger charge is 2.27. The van der Waals surface area contributed by atoms with E-state index >= 15 is 0 Å². The maximum absolute atomic E-state index is 11.8. The lowest BCUT2D eigenvalue weighted by atomic mass is 9.91. The first-order valence-corrected chi connectivity index (χ1v) is 14.1. The van der Waals surface area contributed by atoms with Gasteiger partial charge in [0.05, 0.1) is 24.0 Å². The van der Waals surface area contributed by atoms with E-state index in [-0.39, 0.29) is 24.3 Å². The summed E-state index contributed by atoms with van der Waals surface area (Å²) < 4.78 is 15.6. The highest BCUT2D eigenvalue weighted by atomic mass is 16.5. The molecule has 0 bridgehead atoms. The van der Waals surface area contributed by atoms with Gasteiger partial charge in [0.25, 0.3) is 0 Å². The fourth-order valence-corrected chi connectivity index (χ4v) is 2.92. The fraction of sp³-hybridized carbons (Fsp3) is 0.677. The molecule has 1 aromatic carbocycles. The van der Waals surface area contributed by atoms with Gasteiger partial charge in [-0.15, -0.1) is 0 Å². The van der Waals surface area contributed by atoms with Gasteiger partial charge >= 0.3 is 23.9 Å². The Morgan fingerprint density at radius 3 is 1.56 bits per heavy atom. The summed E-state index contributed by atoms with van der Waals surface area (Å²) in [7, 11) is 0. The molecule has 0 aliphatic heterocycles. The molecular formula is C31H50O8. The summed E-state index contributed by atoms with van der Waals surface area (Å²) in [6.45, 7) is 12.6. The van der Waals surface area contributed by atoms with Crippen molar-refractivity contribution in [1.82, 2.24) is 0 Å². The second-order valence-corrected chi connectivity index (χ2v) is 10.9. The van der Waals surface area contributed by atoms with Crippen LogP contribution in [0.5, 0.6) is 0 Å². The second-order valence-electron chi connectivity index (χ2n) is 10.9. The Hall–Kier alpha value is -2.90. The van der Waals surface area contributed by atoms with Crippen LogP contribution in [0.3, 0.4) is 0 Å². The van der Waals surface area contributed by atoms with Crippen molar-refractivity contribution in [3.05, 3.63) is 35.9 Å². The lowest BCUT2D eigenvalue weighted by molar-refractivity contribution is -0.155. The maximum atomic E-state index is 11.8. The second kappa shape index (κ2) is 20.1. The number of hydrogen-bond acceptors (Lipinski definition) is 7. The van der Waals surface area contributed by atoms with Crippen LogP contribution in [0.1, 0.15) is 111 Å². The highest BCUT2D eigenvalue weighted by molar-refractivity contribution is 5.76. The molecule has 1 N–H and O–H groups in total. The van der Waals surface area contributed by atoms with E-state index in [0.717, 1.165) is 50.5 Å². The minimum Gasteiger partial charge on any atom is -0.481 e. The van der Waals surface area contributed by atoms with E-state index in [1.54, 1.807) is 0 Å². The van der Waals surface area contributed by atoms with Gasteiger partial charge in [0.1, 0.15) is 6.61 Å². The van der Waals surface area contributed by atoms with Gasteiger partial charge < -0.3 is 19.3 Å². The third-order valence-corrected chi connectivity index (χ3v) is 6.64. The first-order chi connectivity index (χ1) is 18.4. The smallest absolute Gasteiger partial charge is 0.311 e. The molecule has 0 spiro atoms. The van der Waals surface area contributed by atoms with Crippen LogP contribution in [-0.4, -0.2) is 42.2 Å². The average Bonchev–Trinajstić information content (AvgIpc) is 2.91. The van der Waals surface area contributed by atoms with Crippen LogP contribution in [0.2, 0.25) is 0 Å². The van der Waals surface area contributed by atoms with Gasteiger partial charge in [0.15, 0.2) is 0 Å². The summed E-state index contributed by atoms with van der Waals surface area (Å²) in [6, 6.07) is 9.63. The number of rotatable bonds is 18. The van der Waals surface area contributed by atoms with Crippen molar-refractivity contribution in [3.63, 3.8) is 0 Å². The van der Waals surface area contributed by atoms with Crippen molar-refractivity contribution in [2.45, 2.75) is 112 Å². The lowest BCUT2D eigenvalue weighted by Crippen LogP contribution is -2.26. The van der Waals surface area contributed by atoms with Gasteiger partial charge in [-0.25, -0.2) is 0 Å². The molecule has 0 unspecified atom stereocenters. The Morgan fingerprint density at radius 1 is 0.667 bits per heavy atom. The Morgan fingerprint density at radius 2 is 1.13 bits per heavy atom. The molecule has 8 heteroatoms. The molecule has 0 saturated carbocycles. The molecule has 0 radical (unpaired) electrons. The Labute approximate surface area is 234 Å². The minimum atomic E-state index is -0.774. The molecular weight excluding hydrogens is 500 g/mol. The van der Waals surface area contributed by atoms with Crippen molar-refractivity contribution in [1.29, 1.82) is 0 Å². The van der Waals surface area contributed by atoms with Gasteiger partial charge in [-0.2, -0.15) is 0 Å². The molecule has 0 aliphatic rings. The van der Waals surface area contributed by atoms with Crippen LogP contribution in [0.25, 0.3) is 0 Å². The van der Waals surface area contributed by atoms with E-state index < -0.39 is 16.8 Å². The minimum absolute atomic E-state index is 0.151. The number of benzene rings is 1. The number of esters is 3. The van der Waals surface area contributed by atoms with Crippen molar-refractivity contribution in [2.75, 3.05) is 13.2 Å². The fourth-order valence-electron chi connectivity index (χ4n) is 2.92. The summed E-state index contributed by atoms with van der Waals surface area (Å²) in [4.78, 5) is 45.1. The molecule has 0 saturated heterocycles. The number of hydrogen-bond donors (Lipinski definition) is 1. The lowest BCUT2D eigenvalue weighted by Gasteiger charge is -2.20. The number of carbonyl (C=O) groups excluding carboxylic acids is 3. The maximum Gasteiger partial charge on any atom is 0.311 e. The van der Waals surface area contributed by atoms with E-state index in [1.807, 2.05) is 71.9 Å². The van der Waals surface area contributed by atoms with Crippen molar-refractivity contribution < 1.29 is 38.5 Å². The summed E-state index contributed by atoms with van der Waals surface area (Å²) >= 11 is 0. The predicted octanol–water partition coefficient (Wildman–Crippen LogP) is 6.88. The monoisotopic (exact) mass is 550 g/mol. The third kappa shape index (κ3) is 18.1. The zero-order valence-corrected chi connectivity index (χ0v) is 24.9. The molecule has 0 fully saturated rings. The number of ether oxygens (including phenoxy) is 3. The topological polar surface area (TPSA) is 116 Å². The molecule has 222 valence electrons. The van der Waals surface area contributed by atoms with Gasteiger partial charge in [-0.1, -0.05) is 44.2 Å². The summed E-state index contributed by atoms with van der Waals surface area (Å²) in [5.74, 6) is -1.28. The molecule has 39 heavy (non-hydrogen) atoms. The first kappa shape index (κ1) is 36.1. The number of unbranched alkanes of at least 4 members (excludes halogenated alkanes) is 4. The molecule has 0 aliphatic carbocycles. The quantitative estimate of drug-likeness (QED) is 0.119. The number of carbonyl (C=O) groups is 4. The third-order valence-electron chi connectivity index (χ3n) is 6.64. The molecule has 0 aromatic heterocycles.